The first-order valence-corrected chi connectivity index (χ1v) is 20.1. The summed E-state index contributed by atoms with van der Waals surface area (Å²) in [5, 5.41) is 9.72. The molecule has 1 unspecified atom stereocenters. The van der Waals surface area contributed by atoms with Crippen molar-refractivity contribution in [2.45, 2.75) is 77.5 Å². The Morgan fingerprint density at radius 2 is 1.35 bits per heavy atom. The number of likely N-dealkylation sites (tertiary alicyclic amines) is 2. The number of carbonyl (C=O) groups excluding carboxylic acids is 4. The van der Waals surface area contributed by atoms with Crippen LogP contribution >= 0.6 is 22.7 Å². The lowest BCUT2D eigenvalue weighted by Crippen LogP contribution is -2.51. The monoisotopic (exact) mass is 774 g/mol. The molecule has 5 aromatic rings. The number of thiophene rings is 2. The first-order valence-electron chi connectivity index (χ1n) is 18.3. The van der Waals surface area contributed by atoms with Crippen molar-refractivity contribution in [3.8, 4) is 22.4 Å². The van der Waals surface area contributed by atoms with Crippen LogP contribution < -0.4 is 10.6 Å². The van der Waals surface area contributed by atoms with E-state index in [1.165, 1.54) is 14.2 Å². The number of amides is 4. The second kappa shape index (κ2) is 15.4. The number of rotatable bonds is 10. The molecular formula is C38H46N8O6S2. The van der Waals surface area contributed by atoms with Crippen LogP contribution in [0.2, 0.25) is 0 Å². The Hall–Kier alpha value is -4.96. The maximum absolute atomic E-state index is 13.7. The smallest absolute Gasteiger partial charge is 0.407 e. The molecule has 1 aromatic carbocycles. The molecule has 2 aliphatic rings. The molecule has 0 aliphatic carbocycles. The average molecular weight is 775 g/mol. The van der Waals surface area contributed by atoms with Crippen molar-refractivity contribution in [2.75, 3.05) is 27.3 Å². The number of hydrogen-bond donors (Lipinski definition) is 4. The Bertz CT molecular complexity index is 2190. The molecule has 54 heavy (non-hydrogen) atoms. The highest BCUT2D eigenvalue weighted by Crippen LogP contribution is 2.45. The van der Waals surface area contributed by atoms with Crippen molar-refractivity contribution in [1.82, 2.24) is 40.4 Å². The molecule has 14 nitrogen and oxygen atoms in total. The summed E-state index contributed by atoms with van der Waals surface area (Å²) in [6.07, 6.45) is 3.91. The van der Waals surface area contributed by atoms with Crippen LogP contribution in [-0.2, 0) is 19.1 Å². The third-order valence-corrected chi connectivity index (χ3v) is 12.6. The van der Waals surface area contributed by atoms with Gasteiger partial charge in [-0.15, -0.1) is 22.7 Å². The number of H-pyrrole nitrogens is 2. The second-order valence-electron chi connectivity index (χ2n) is 14.6. The molecule has 0 bridgehead atoms. The van der Waals surface area contributed by atoms with Crippen LogP contribution in [0.15, 0.2) is 35.2 Å². The van der Waals surface area contributed by atoms with Crippen LogP contribution in [-0.4, -0.2) is 93.1 Å². The molecule has 4 amide bonds. The molecule has 4 N–H and O–H groups in total. The minimum Gasteiger partial charge on any atom is -0.453 e. The van der Waals surface area contributed by atoms with Gasteiger partial charge in [-0.25, -0.2) is 19.6 Å². The van der Waals surface area contributed by atoms with E-state index in [-0.39, 0.29) is 35.7 Å². The number of ether oxygens (including phenoxy) is 2. The predicted molar refractivity (Wildman–Crippen MR) is 208 cm³/mol. The number of nitrogens with zero attached hydrogens (tertiary/aromatic N) is 4. The summed E-state index contributed by atoms with van der Waals surface area (Å²) in [7, 11) is 2.58. The van der Waals surface area contributed by atoms with Crippen molar-refractivity contribution in [1.29, 1.82) is 0 Å². The standard InChI is InChI=1S/C38H46N8O6S2/c1-19(2)29(43-37(49)51-5)35(47)45-13-7-9-27(45)33-39-16-26(42-33)23-18-54-31-22(17-53-32(23)31)21-11-12-24-25(15-21)41-34(40-24)28-10-8-14-46(28)36(48)30(20(3)4)44-38(50)52-6/h11-12,15-20,27-30H,7-10,13-14H2,1-6H3,(H,39,42)(H,40,41)(H,43,49)(H,44,50)/t27?,28-,29-,30-/m0/s1. The fourth-order valence-electron chi connectivity index (χ4n) is 7.58. The summed E-state index contributed by atoms with van der Waals surface area (Å²) >= 11 is 3.35. The first-order chi connectivity index (χ1) is 26.0. The van der Waals surface area contributed by atoms with Crippen LogP contribution in [0.3, 0.4) is 0 Å². The Kier molecular flexibility index (Phi) is 10.7. The van der Waals surface area contributed by atoms with Gasteiger partial charge in [-0.2, -0.15) is 0 Å². The third-order valence-electron chi connectivity index (χ3n) is 10.5. The van der Waals surface area contributed by atoms with E-state index in [0.29, 0.717) is 13.1 Å². The molecule has 0 spiro atoms. The Morgan fingerprint density at radius 3 is 1.93 bits per heavy atom. The molecule has 6 heterocycles. The van der Waals surface area contributed by atoms with E-state index in [9.17, 15) is 19.2 Å². The van der Waals surface area contributed by atoms with Crippen LogP contribution in [0.4, 0.5) is 9.59 Å². The van der Waals surface area contributed by atoms with Gasteiger partial charge >= 0.3 is 12.2 Å². The number of imidazole rings is 2. The molecule has 2 aliphatic heterocycles. The average Bonchev–Trinajstić information content (AvgIpc) is 4.00. The first kappa shape index (κ1) is 37.4. The Labute approximate surface area is 321 Å². The predicted octanol–water partition coefficient (Wildman–Crippen LogP) is 6.98. The van der Waals surface area contributed by atoms with Gasteiger partial charge in [-0.05, 0) is 55.2 Å². The molecule has 0 saturated carbocycles. The number of alkyl carbamates (subject to hydrolysis) is 2. The van der Waals surface area contributed by atoms with Crippen molar-refractivity contribution in [3.05, 3.63) is 46.8 Å². The summed E-state index contributed by atoms with van der Waals surface area (Å²) in [6, 6.07) is 4.39. The number of aromatic amines is 2. The molecule has 4 aromatic heterocycles. The highest BCUT2D eigenvalue weighted by molar-refractivity contribution is 7.27. The Balaban J connectivity index is 1.10. The number of aromatic nitrogens is 4. The Morgan fingerprint density at radius 1 is 0.796 bits per heavy atom. The summed E-state index contributed by atoms with van der Waals surface area (Å²) in [6.45, 7) is 8.80. The lowest BCUT2D eigenvalue weighted by Gasteiger charge is -2.29. The lowest BCUT2D eigenvalue weighted by atomic mass is 10.0. The van der Waals surface area contributed by atoms with Crippen LogP contribution in [0, 0.1) is 11.8 Å². The fourth-order valence-corrected chi connectivity index (χ4v) is 10.0. The summed E-state index contributed by atoms with van der Waals surface area (Å²) in [5.74, 6) is 0.968. The van der Waals surface area contributed by atoms with Gasteiger partial charge in [-0.3, -0.25) is 9.59 Å². The molecule has 16 heteroatoms. The van der Waals surface area contributed by atoms with Gasteiger partial charge in [0.2, 0.25) is 11.8 Å². The number of carbonyl (C=O) groups is 4. The number of methoxy groups -OCH3 is 2. The van der Waals surface area contributed by atoms with E-state index >= 15 is 0 Å². The van der Waals surface area contributed by atoms with Crippen LogP contribution in [0.1, 0.15) is 77.1 Å². The number of fused-ring (bicyclic) bond motifs is 2. The molecule has 286 valence electrons. The van der Waals surface area contributed by atoms with E-state index in [1.54, 1.807) is 22.7 Å². The maximum Gasteiger partial charge on any atom is 0.407 e. The summed E-state index contributed by atoms with van der Waals surface area (Å²) < 4.78 is 11.8. The van der Waals surface area contributed by atoms with Crippen LogP contribution in [0.5, 0.6) is 0 Å². The number of hydrogen-bond acceptors (Lipinski definition) is 10. The zero-order valence-electron chi connectivity index (χ0n) is 31.2. The largest absolute Gasteiger partial charge is 0.453 e. The van der Waals surface area contributed by atoms with Gasteiger partial charge in [0.05, 0.1) is 52.4 Å². The van der Waals surface area contributed by atoms with Crippen molar-refractivity contribution in [3.63, 3.8) is 0 Å². The number of nitrogens with one attached hydrogen (secondary N) is 4. The minimum atomic E-state index is -0.695. The molecule has 4 atom stereocenters. The van der Waals surface area contributed by atoms with Gasteiger partial charge in [0, 0.05) is 41.2 Å². The zero-order valence-corrected chi connectivity index (χ0v) is 32.9. The lowest BCUT2D eigenvalue weighted by molar-refractivity contribution is -0.136. The van der Waals surface area contributed by atoms with Gasteiger partial charge < -0.3 is 39.9 Å². The SMILES string of the molecule is COC(=O)N[C@H](C(=O)N1CCCC1c1nc(-c2csc3c(-c4ccc5nc([C@@H]6CCCN6C(=O)[C@@H](NC(=O)OC)C(C)C)[nH]c5c4)csc23)c[nH]1)C(C)C. The van der Waals surface area contributed by atoms with Crippen LogP contribution in [0.25, 0.3) is 42.8 Å². The molecule has 0 radical (unpaired) electrons. The summed E-state index contributed by atoms with van der Waals surface area (Å²) in [4.78, 5) is 71.7. The second-order valence-corrected chi connectivity index (χ2v) is 16.3. The van der Waals surface area contributed by atoms with Gasteiger partial charge in [-0.1, -0.05) is 33.8 Å². The van der Waals surface area contributed by atoms with Gasteiger partial charge in [0.1, 0.15) is 23.7 Å². The van der Waals surface area contributed by atoms with E-state index in [2.05, 4.69) is 43.5 Å². The van der Waals surface area contributed by atoms with E-state index in [1.807, 2.05) is 49.8 Å². The van der Waals surface area contributed by atoms with Gasteiger partial charge in [0.15, 0.2) is 0 Å². The maximum atomic E-state index is 13.7. The highest BCUT2D eigenvalue weighted by atomic mass is 32.1. The molecular weight excluding hydrogens is 729 g/mol. The van der Waals surface area contributed by atoms with E-state index in [4.69, 9.17) is 19.4 Å². The highest BCUT2D eigenvalue weighted by Gasteiger charge is 2.39. The van der Waals surface area contributed by atoms with E-state index < -0.39 is 24.3 Å². The van der Waals surface area contributed by atoms with Gasteiger partial charge in [0.25, 0.3) is 0 Å². The quantitative estimate of drug-likeness (QED) is 0.118. The topological polar surface area (TPSA) is 175 Å². The molecule has 2 saturated heterocycles. The zero-order chi connectivity index (χ0) is 38.3. The number of benzene rings is 1. The van der Waals surface area contributed by atoms with Crippen molar-refractivity contribution < 1.29 is 28.7 Å². The molecule has 2 fully saturated rings. The minimum absolute atomic E-state index is 0.109. The third kappa shape index (κ3) is 7.04. The van der Waals surface area contributed by atoms with Crippen molar-refractivity contribution >= 4 is 67.1 Å². The normalized spacial score (nSPS) is 18.5. The molecule has 7 rings (SSSR count). The summed E-state index contributed by atoms with van der Waals surface area (Å²) in [5.41, 5.74) is 5.75. The fraction of sp³-hybridized carbons (Fsp3) is 0.474. The van der Waals surface area contributed by atoms with Crippen molar-refractivity contribution in [2.24, 2.45) is 11.8 Å². The van der Waals surface area contributed by atoms with E-state index in [0.717, 1.165) is 80.1 Å².